The Balaban J connectivity index is 0.00000133. The lowest BCUT2D eigenvalue weighted by Crippen LogP contribution is -2.31. The second-order valence-corrected chi connectivity index (χ2v) is 5.09. The van der Waals surface area contributed by atoms with Crippen LogP contribution in [0.3, 0.4) is 0 Å². The number of carbonyl (C=O) groups excluding carboxylic acids is 1. The summed E-state index contributed by atoms with van der Waals surface area (Å²) in [6.07, 6.45) is 0. The molecule has 6 heteroatoms. The van der Waals surface area contributed by atoms with Gasteiger partial charge in [0, 0.05) is 33.3 Å². The van der Waals surface area contributed by atoms with E-state index >= 15 is 0 Å². The molecule has 3 heterocycles. The van der Waals surface area contributed by atoms with Crippen LogP contribution < -0.4 is 5.32 Å². The average Bonchev–Trinajstić information content (AvgIpc) is 3.02. The topological polar surface area (TPSA) is 54.7 Å². The molecule has 2 saturated heterocycles. The van der Waals surface area contributed by atoms with Gasteiger partial charge in [0.15, 0.2) is 5.76 Å². The highest BCUT2D eigenvalue weighted by Gasteiger charge is 2.38. The van der Waals surface area contributed by atoms with E-state index in [4.69, 9.17) is 9.15 Å². The summed E-state index contributed by atoms with van der Waals surface area (Å²) in [6.45, 7) is 4.15. The Morgan fingerprint density at radius 3 is 2.74 bits per heavy atom. The largest absolute Gasteiger partial charge is 0.453 e. The van der Waals surface area contributed by atoms with E-state index in [2.05, 4.69) is 5.32 Å². The highest BCUT2D eigenvalue weighted by Crippen LogP contribution is 2.27. The van der Waals surface area contributed by atoms with Gasteiger partial charge < -0.3 is 19.4 Å². The van der Waals surface area contributed by atoms with Crippen molar-refractivity contribution in [1.29, 1.82) is 0 Å². The molecule has 1 aromatic heterocycles. The predicted octanol–water partition coefficient (Wildman–Crippen LogP) is 1.14. The third-order valence-electron chi connectivity index (χ3n) is 3.84. The van der Waals surface area contributed by atoms with Gasteiger partial charge >= 0.3 is 0 Å². The highest BCUT2D eigenvalue weighted by atomic mass is 35.5. The second-order valence-electron chi connectivity index (χ2n) is 5.09. The van der Waals surface area contributed by atoms with Gasteiger partial charge in [0.05, 0.1) is 0 Å². The van der Waals surface area contributed by atoms with Crippen LogP contribution in [0, 0.1) is 11.8 Å². The number of nitrogens with one attached hydrogen (secondary N) is 1. The standard InChI is InChI=1S/C13H18N2O3.ClH/c1-17-8-11-2-3-12(18-11)13(16)15-6-9-4-14-5-10(9)7-15;/h2-3,9-10,14H,4-8H2,1H3;1H/t9-,10+;. The number of hydrogen-bond acceptors (Lipinski definition) is 4. The fourth-order valence-electron chi connectivity index (χ4n) is 2.89. The lowest BCUT2D eigenvalue weighted by molar-refractivity contribution is 0.0742. The molecule has 0 radical (unpaired) electrons. The minimum Gasteiger partial charge on any atom is -0.453 e. The molecule has 2 aliphatic heterocycles. The molecule has 2 fully saturated rings. The van der Waals surface area contributed by atoms with E-state index in [9.17, 15) is 4.79 Å². The molecule has 1 aromatic rings. The van der Waals surface area contributed by atoms with E-state index in [1.54, 1.807) is 19.2 Å². The first-order chi connectivity index (χ1) is 8.78. The third-order valence-corrected chi connectivity index (χ3v) is 3.84. The zero-order valence-electron chi connectivity index (χ0n) is 10.9. The molecule has 0 aliphatic carbocycles. The van der Waals surface area contributed by atoms with Crippen LogP contribution in [0.15, 0.2) is 16.5 Å². The number of furan rings is 1. The first-order valence-electron chi connectivity index (χ1n) is 6.35. The van der Waals surface area contributed by atoms with Crippen molar-refractivity contribution in [2.75, 3.05) is 33.3 Å². The van der Waals surface area contributed by atoms with Gasteiger partial charge in [-0.2, -0.15) is 0 Å². The van der Waals surface area contributed by atoms with Crippen LogP contribution in [-0.2, 0) is 11.3 Å². The number of nitrogens with zero attached hydrogens (tertiary/aromatic N) is 1. The molecule has 5 nitrogen and oxygen atoms in total. The van der Waals surface area contributed by atoms with Crippen molar-refractivity contribution in [3.8, 4) is 0 Å². The molecule has 106 valence electrons. The van der Waals surface area contributed by atoms with Crippen LogP contribution in [0.1, 0.15) is 16.3 Å². The number of halogens is 1. The third kappa shape index (κ3) is 2.78. The van der Waals surface area contributed by atoms with E-state index in [0.717, 1.165) is 26.2 Å². The summed E-state index contributed by atoms with van der Waals surface area (Å²) in [7, 11) is 1.61. The monoisotopic (exact) mass is 286 g/mol. The van der Waals surface area contributed by atoms with Crippen molar-refractivity contribution >= 4 is 18.3 Å². The van der Waals surface area contributed by atoms with Gasteiger partial charge in [0.25, 0.3) is 5.91 Å². The maximum absolute atomic E-state index is 12.3. The second kappa shape index (κ2) is 5.94. The van der Waals surface area contributed by atoms with Crippen LogP contribution in [0.5, 0.6) is 0 Å². The first-order valence-corrected chi connectivity index (χ1v) is 6.35. The summed E-state index contributed by atoms with van der Waals surface area (Å²) in [5.74, 6) is 2.35. The fraction of sp³-hybridized carbons (Fsp3) is 0.615. The Labute approximate surface area is 118 Å². The summed E-state index contributed by atoms with van der Waals surface area (Å²) in [5, 5.41) is 3.37. The van der Waals surface area contributed by atoms with Gasteiger partial charge in [-0.25, -0.2) is 0 Å². The van der Waals surface area contributed by atoms with Crippen LogP contribution >= 0.6 is 12.4 Å². The minimum absolute atomic E-state index is 0. The van der Waals surface area contributed by atoms with Crippen molar-refractivity contribution in [3.63, 3.8) is 0 Å². The Hall–Kier alpha value is -1.04. The molecule has 0 bridgehead atoms. The number of hydrogen-bond donors (Lipinski definition) is 1. The molecule has 3 rings (SSSR count). The average molecular weight is 287 g/mol. The van der Waals surface area contributed by atoms with Crippen molar-refractivity contribution < 1.29 is 13.9 Å². The van der Waals surface area contributed by atoms with Crippen molar-refractivity contribution in [2.45, 2.75) is 6.61 Å². The maximum atomic E-state index is 12.3. The molecule has 1 amide bonds. The van der Waals surface area contributed by atoms with Gasteiger partial charge in [0.1, 0.15) is 12.4 Å². The van der Waals surface area contributed by atoms with Crippen molar-refractivity contribution in [1.82, 2.24) is 10.2 Å². The van der Waals surface area contributed by atoms with E-state index in [0.29, 0.717) is 30.0 Å². The lowest BCUT2D eigenvalue weighted by atomic mass is 10.0. The number of rotatable bonds is 3. The minimum atomic E-state index is 0. The number of ether oxygens (including phenoxy) is 1. The SMILES string of the molecule is COCc1ccc(C(=O)N2C[C@H]3CNC[C@H]3C2)o1.Cl. The van der Waals surface area contributed by atoms with Gasteiger partial charge in [-0.1, -0.05) is 0 Å². The number of fused-ring (bicyclic) bond motifs is 1. The smallest absolute Gasteiger partial charge is 0.289 e. The van der Waals surface area contributed by atoms with Crippen molar-refractivity contribution in [2.24, 2.45) is 11.8 Å². The zero-order valence-corrected chi connectivity index (χ0v) is 11.7. The molecular formula is C13H19ClN2O3. The van der Waals surface area contributed by atoms with Gasteiger partial charge in [-0.3, -0.25) is 4.79 Å². The summed E-state index contributed by atoms with van der Waals surface area (Å²) >= 11 is 0. The highest BCUT2D eigenvalue weighted by molar-refractivity contribution is 5.91. The van der Waals surface area contributed by atoms with E-state index in [1.165, 1.54) is 0 Å². The Morgan fingerprint density at radius 1 is 1.42 bits per heavy atom. The molecule has 0 aromatic carbocycles. The van der Waals surface area contributed by atoms with E-state index in [-0.39, 0.29) is 18.3 Å². The van der Waals surface area contributed by atoms with E-state index in [1.807, 2.05) is 4.90 Å². The number of methoxy groups -OCH3 is 1. The Bertz CT molecular complexity index is 437. The molecule has 0 unspecified atom stereocenters. The molecule has 2 atom stereocenters. The number of likely N-dealkylation sites (tertiary alicyclic amines) is 1. The molecule has 0 spiro atoms. The van der Waals surface area contributed by atoms with Gasteiger partial charge in [0.2, 0.25) is 0 Å². The summed E-state index contributed by atoms with van der Waals surface area (Å²) in [6, 6.07) is 3.54. The van der Waals surface area contributed by atoms with Crippen LogP contribution in [-0.4, -0.2) is 44.1 Å². The fourth-order valence-corrected chi connectivity index (χ4v) is 2.89. The molecule has 19 heavy (non-hydrogen) atoms. The van der Waals surface area contributed by atoms with Crippen LogP contribution in [0.25, 0.3) is 0 Å². The molecule has 0 saturated carbocycles. The van der Waals surface area contributed by atoms with E-state index < -0.39 is 0 Å². The zero-order chi connectivity index (χ0) is 12.5. The summed E-state index contributed by atoms with van der Waals surface area (Å²) < 4.78 is 10.5. The van der Waals surface area contributed by atoms with Crippen molar-refractivity contribution in [3.05, 3.63) is 23.7 Å². The normalized spacial score (nSPS) is 25.2. The van der Waals surface area contributed by atoms with Gasteiger partial charge in [-0.05, 0) is 24.0 Å². The summed E-state index contributed by atoms with van der Waals surface area (Å²) in [5.41, 5.74) is 0. The Morgan fingerprint density at radius 2 is 2.11 bits per heavy atom. The Kier molecular flexibility index (Phi) is 4.50. The molecule has 2 aliphatic rings. The van der Waals surface area contributed by atoms with Gasteiger partial charge in [-0.15, -0.1) is 12.4 Å². The maximum Gasteiger partial charge on any atom is 0.289 e. The molecular weight excluding hydrogens is 268 g/mol. The quantitative estimate of drug-likeness (QED) is 0.905. The predicted molar refractivity (Wildman–Crippen MR) is 72.4 cm³/mol. The number of amides is 1. The van der Waals surface area contributed by atoms with Crippen LogP contribution in [0.2, 0.25) is 0 Å². The first kappa shape index (κ1) is 14.4. The lowest BCUT2D eigenvalue weighted by Gasteiger charge is -2.15. The molecule has 1 N–H and O–H groups in total. The summed E-state index contributed by atoms with van der Waals surface area (Å²) in [4.78, 5) is 14.2. The number of carbonyl (C=O) groups is 1. The van der Waals surface area contributed by atoms with Crippen LogP contribution in [0.4, 0.5) is 0 Å².